The van der Waals surface area contributed by atoms with Crippen molar-refractivity contribution in [2.75, 3.05) is 0 Å². The Kier molecular flexibility index (Phi) is 3.63. The molecule has 2 aromatic rings. The molecule has 0 radical (unpaired) electrons. The van der Waals surface area contributed by atoms with Crippen molar-refractivity contribution in [3.8, 4) is 10.7 Å². The van der Waals surface area contributed by atoms with Gasteiger partial charge in [-0.3, -0.25) is 0 Å². The maximum atomic E-state index is 6.07. The van der Waals surface area contributed by atoms with Crippen molar-refractivity contribution in [3.05, 3.63) is 23.4 Å². The Bertz CT molecular complexity index is 604. The number of nitrogens with zero attached hydrogens (tertiary/aromatic N) is 2. The number of rotatable bonds is 4. The minimum atomic E-state index is -0.194. The standard InChI is InChI=1S/C15H21N3O2S/c1-14(2)8-11(15(3,4)20-14)16-9-12-17-13(18-19-12)10-6-5-7-21-10/h5-7,11,16H,8-9H2,1-4H3. The summed E-state index contributed by atoms with van der Waals surface area (Å²) in [5, 5.41) is 9.51. The van der Waals surface area contributed by atoms with Crippen molar-refractivity contribution in [3.63, 3.8) is 0 Å². The zero-order valence-corrected chi connectivity index (χ0v) is 13.7. The van der Waals surface area contributed by atoms with Gasteiger partial charge in [-0.15, -0.1) is 11.3 Å². The number of thiophene rings is 1. The van der Waals surface area contributed by atoms with Gasteiger partial charge in [0.05, 0.1) is 22.6 Å². The predicted octanol–water partition coefficient (Wildman–Crippen LogP) is 3.23. The Morgan fingerprint density at radius 2 is 2.19 bits per heavy atom. The van der Waals surface area contributed by atoms with Gasteiger partial charge in [-0.1, -0.05) is 11.2 Å². The molecular formula is C15H21N3O2S. The van der Waals surface area contributed by atoms with Gasteiger partial charge < -0.3 is 14.6 Å². The zero-order valence-electron chi connectivity index (χ0n) is 12.8. The molecule has 1 aliphatic heterocycles. The topological polar surface area (TPSA) is 60.2 Å². The molecule has 1 fully saturated rings. The van der Waals surface area contributed by atoms with Gasteiger partial charge in [-0.05, 0) is 45.6 Å². The smallest absolute Gasteiger partial charge is 0.240 e. The van der Waals surface area contributed by atoms with Gasteiger partial charge >= 0.3 is 0 Å². The molecule has 0 spiro atoms. The van der Waals surface area contributed by atoms with Crippen molar-refractivity contribution in [2.45, 2.75) is 57.9 Å². The fourth-order valence-corrected chi connectivity index (χ4v) is 3.57. The Balaban J connectivity index is 1.63. The Morgan fingerprint density at radius 3 is 2.81 bits per heavy atom. The third kappa shape index (κ3) is 3.17. The van der Waals surface area contributed by atoms with Crippen LogP contribution in [0.2, 0.25) is 0 Å². The van der Waals surface area contributed by atoms with Crippen molar-refractivity contribution in [2.24, 2.45) is 0 Å². The highest BCUT2D eigenvalue weighted by Gasteiger charge is 2.45. The summed E-state index contributed by atoms with van der Waals surface area (Å²) >= 11 is 1.61. The van der Waals surface area contributed by atoms with E-state index in [2.05, 4.69) is 43.2 Å². The average Bonchev–Trinajstić information content (AvgIpc) is 3.05. The van der Waals surface area contributed by atoms with Crippen LogP contribution in [0.15, 0.2) is 22.0 Å². The van der Waals surface area contributed by atoms with E-state index in [1.54, 1.807) is 11.3 Å². The maximum absolute atomic E-state index is 6.07. The van der Waals surface area contributed by atoms with E-state index < -0.39 is 0 Å². The van der Waals surface area contributed by atoms with Gasteiger partial charge in [-0.25, -0.2) is 0 Å². The van der Waals surface area contributed by atoms with E-state index in [0.29, 0.717) is 18.3 Å². The molecular weight excluding hydrogens is 286 g/mol. The number of aromatic nitrogens is 2. The minimum Gasteiger partial charge on any atom is -0.368 e. The number of hydrogen-bond acceptors (Lipinski definition) is 6. The Labute approximate surface area is 128 Å². The molecule has 3 rings (SSSR count). The first-order valence-corrected chi connectivity index (χ1v) is 8.04. The highest BCUT2D eigenvalue weighted by molar-refractivity contribution is 7.13. The quantitative estimate of drug-likeness (QED) is 0.939. The van der Waals surface area contributed by atoms with Gasteiger partial charge in [0.1, 0.15) is 0 Å². The lowest BCUT2D eigenvalue weighted by atomic mass is 9.94. The summed E-state index contributed by atoms with van der Waals surface area (Å²) in [6.07, 6.45) is 0.964. The molecule has 1 unspecified atom stereocenters. The number of hydrogen-bond donors (Lipinski definition) is 1. The van der Waals surface area contributed by atoms with E-state index in [4.69, 9.17) is 9.26 Å². The lowest BCUT2D eigenvalue weighted by Gasteiger charge is -2.27. The predicted molar refractivity (Wildman–Crippen MR) is 82.1 cm³/mol. The average molecular weight is 307 g/mol. The van der Waals surface area contributed by atoms with Crippen LogP contribution in [-0.2, 0) is 11.3 Å². The molecule has 1 aliphatic rings. The second-order valence-corrected chi connectivity index (χ2v) is 7.54. The first-order chi connectivity index (χ1) is 9.86. The number of ether oxygens (including phenoxy) is 1. The van der Waals surface area contributed by atoms with Crippen LogP contribution >= 0.6 is 11.3 Å². The molecule has 1 saturated heterocycles. The fourth-order valence-electron chi connectivity index (χ4n) is 2.92. The summed E-state index contributed by atoms with van der Waals surface area (Å²) in [5.74, 6) is 1.27. The summed E-state index contributed by atoms with van der Waals surface area (Å²) in [4.78, 5) is 5.45. The lowest BCUT2D eigenvalue weighted by Crippen LogP contribution is -2.43. The molecule has 21 heavy (non-hydrogen) atoms. The van der Waals surface area contributed by atoms with Crippen LogP contribution in [0.25, 0.3) is 10.7 Å². The largest absolute Gasteiger partial charge is 0.368 e. The van der Waals surface area contributed by atoms with Crippen molar-refractivity contribution in [1.29, 1.82) is 0 Å². The van der Waals surface area contributed by atoms with Crippen LogP contribution in [0.1, 0.15) is 40.0 Å². The van der Waals surface area contributed by atoms with E-state index in [0.717, 1.165) is 11.3 Å². The van der Waals surface area contributed by atoms with Gasteiger partial charge in [0.25, 0.3) is 0 Å². The molecule has 2 aromatic heterocycles. The van der Waals surface area contributed by atoms with Crippen molar-refractivity contribution >= 4 is 11.3 Å². The molecule has 1 atom stereocenters. The van der Waals surface area contributed by atoms with E-state index in [9.17, 15) is 0 Å². The lowest BCUT2D eigenvalue weighted by molar-refractivity contribution is -0.0700. The molecule has 6 heteroatoms. The van der Waals surface area contributed by atoms with E-state index in [1.165, 1.54) is 0 Å². The molecule has 0 aliphatic carbocycles. The first kappa shape index (κ1) is 14.7. The molecule has 1 N–H and O–H groups in total. The molecule has 5 nitrogen and oxygen atoms in total. The Hall–Kier alpha value is -1.24. The zero-order chi connectivity index (χ0) is 15.1. The monoisotopic (exact) mass is 307 g/mol. The molecule has 3 heterocycles. The molecule has 114 valence electrons. The Morgan fingerprint density at radius 1 is 1.38 bits per heavy atom. The summed E-state index contributed by atoms with van der Waals surface area (Å²) in [6.45, 7) is 9.04. The van der Waals surface area contributed by atoms with Crippen LogP contribution in [0.4, 0.5) is 0 Å². The third-order valence-electron chi connectivity index (χ3n) is 3.78. The van der Waals surface area contributed by atoms with Crippen molar-refractivity contribution < 1.29 is 9.26 Å². The molecule has 0 bridgehead atoms. The fraction of sp³-hybridized carbons (Fsp3) is 0.600. The van der Waals surface area contributed by atoms with Gasteiger partial charge in [-0.2, -0.15) is 4.98 Å². The van der Waals surface area contributed by atoms with Crippen LogP contribution in [0, 0.1) is 0 Å². The third-order valence-corrected chi connectivity index (χ3v) is 4.65. The molecule has 0 amide bonds. The minimum absolute atomic E-state index is 0.0991. The number of nitrogens with one attached hydrogen (secondary N) is 1. The highest BCUT2D eigenvalue weighted by atomic mass is 32.1. The van der Waals surface area contributed by atoms with Crippen LogP contribution in [0.3, 0.4) is 0 Å². The second kappa shape index (κ2) is 5.19. The van der Waals surface area contributed by atoms with Gasteiger partial charge in [0, 0.05) is 6.04 Å². The summed E-state index contributed by atoms with van der Waals surface area (Å²) in [6, 6.07) is 4.24. The maximum Gasteiger partial charge on any atom is 0.240 e. The van der Waals surface area contributed by atoms with E-state index in [-0.39, 0.29) is 17.2 Å². The summed E-state index contributed by atoms with van der Waals surface area (Å²) < 4.78 is 11.4. The van der Waals surface area contributed by atoms with E-state index in [1.807, 2.05) is 17.5 Å². The van der Waals surface area contributed by atoms with Crippen LogP contribution in [-0.4, -0.2) is 27.4 Å². The van der Waals surface area contributed by atoms with Crippen LogP contribution in [0.5, 0.6) is 0 Å². The summed E-state index contributed by atoms with van der Waals surface area (Å²) in [5.41, 5.74) is -0.293. The SMILES string of the molecule is CC1(C)CC(NCc2nc(-c3cccs3)no2)C(C)(C)O1. The first-order valence-electron chi connectivity index (χ1n) is 7.16. The molecule has 0 saturated carbocycles. The normalized spacial score (nSPS) is 23.5. The van der Waals surface area contributed by atoms with Crippen LogP contribution < -0.4 is 5.32 Å². The second-order valence-electron chi connectivity index (χ2n) is 6.59. The van der Waals surface area contributed by atoms with Crippen molar-refractivity contribution in [1.82, 2.24) is 15.5 Å². The summed E-state index contributed by atoms with van der Waals surface area (Å²) in [7, 11) is 0. The van der Waals surface area contributed by atoms with E-state index >= 15 is 0 Å². The molecule has 0 aromatic carbocycles. The van der Waals surface area contributed by atoms with Gasteiger partial charge in [0.2, 0.25) is 11.7 Å². The highest BCUT2D eigenvalue weighted by Crippen LogP contribution is 2.37. The van der Waals surface area contributed by atoms with Gasteiger partial charge in [0.15, 0.2) is 0 Å².